The van der Waals surface area contributed by atoms with Gasteiger partial charge in [0.25, 0.3) is 0 Å². The first-order valence-electron chi connectivity index (χ1n) is 5.85. The van der Waals surface area contributed by atoms with Crippen LogP contribution in [0, 0.1) is 0 Å². The van der Waals surface area contributed by atoms with Gasteiger partial charge < -0.3 is 20.3 Å². The Hall–Kier alpha value is -1.14. The highest BCUT2D eigenvalue weighted by molar-refractivity contribution is 5.82. The van der Waals surface area contributed by atoms with Gasteiger partial charge >= 0.3 is 0 Å². The lowest BCUT2D eigenvalue weighted by molar-refractivity contribution is -0.139. The van der Waals surface area contributed by atoms with Crippen LogP contribution in [0.2, 0.25) is 0 Å². The zero-order valence-electron chi connectivity index (χ0n) is 10.5. The summed E-state index contributed by atoms with van der Waals surface area (Å²) in [6, 6.07) is -0.501. The summed E-state index contributed by atoms with van der Waals surface area (Å²) in [5, 5.41) is 0. The molecule has 1 rings (SSSR count). The third-order valence-corrected chi connectivity index (χ3v) is 2.99. The highest BCUT2D eigenvalue weighted by atomic mass is 16.5. The molecule has 6 nitrogen and oxygen atoms in total. The maximum atomic E-state index is 11.9. The number of nitrogens with two attached hydrogens (primary N) is 1. The number of carbonyl (C=O) groups is 2. The van der Waals surface area contributed by atoms with Crippen LogP contribution in [-0.2, 0) is 14.3 Å². The van der Waals surface area contributed by atoms with Gasteiger partial charge in [-0.2, -0.15) is 0 Å². The van der Waals surface area contributed by atoms with Gasteiger partial charge in [0.1, 0.15) is 0 Å². The number of hydrogen-bond acceptors (Lipinski definition) is 4. The smallest absolute Gasteiger partial charge is 0.239 e. The minimum absolute atomic E-state index is 0.0507. The molecule has 1 fully saturated rings. The van der Waals surface area contributed by atoms with Crippen LogP contribution >= 0.6 is 0 Å². The highest BCUT2D eigenvalue weighted by Crippen LogP contribution is 2.05. The van der Waals surface area contributed by atoms with Crippen LogP contribution in [0.15, 0.2) is 0 Å². The maximum absolute atomic E-state index is 11.9. The third-order valence-electron chi connectivity index (χ3n) is 2.99. The van der Waals surface area contributed by atoms with Gasteiger partial charge in [0, 0.05) is 46.8 Å². The third kappa shape index (κ3) is 3.98. The molecule has 0 aliphatic carbocycles. The second kappa shape index (κ2) is 6.56. The van der Waals surface area contributed by atoms with Gasteiger partial charge in [-0.1, -0.05) is 0 Å². The fourth-order valence-electron chi connectivity index (χ4n) is 1.84. The fourth-order valence-corrected chi connectivity index (χ4v) is 1.84. The second-order valence-electron chi connectivity index (χ2n) is 4.22. The first kappa shape index (κ1) is 13.9. The monoisotopic (exact) mass is 243 g/mol. The van der Waals surface area contributed by atoms with Gasteiger partial charge in [0.15, 0.2) is 0 Å². The Labute approximate surface area is 102 Å². The average molecular weight is 243 g/mol. The Morgan fingerprint density at radius 3 is 2.24 bits per heavy atom. The van der Waals surface area contributed by atoms with Gasteiger partial charge in [0.05, 0.1) is 6.04 Å². The minimum Gasteiger partial charge on any atom is -0.385 e. The molecule has 0 saturated carbocycles. The molecule has 2 amide bonds. The summed E-state index contributed by atoms with van der Waals surface area (Å²) in [7, 11) is 1.59. The molecule has 0 aromatic carbocycles. The van der Waals surface area contributed by atoms with E-state index in [0.29, 0.717) is 39.2 Å². The molecule has 6 heteroatoms. The molecule has 0 radical (unpaired) electrons. The second-order valence-corrected chi connectivity index (χ2v) is 4.22. The Bertz CT molecular complexity index is 275. The van der Waals surface area contributed by atoms with Crippen molar-refractivity contribution in [3.05, 3.63) is 0 Å². The number of nitrogens with zero attached hydrogens (tertiary/aromatic N) is 2. The number of hydrogen-bond donors (Lipinski definition) is 1. The quantitative estimate of drug-likeness (QED) is 0.690. The SMILES string of the molecule is COCCC(N)C(=O)N1CCN(C(C)=O)CC1. The normalized spacial score (nSPS) is 18.1. The molecule has 17 heavy (non-hydrogen) atoms. The molecule has 1 unspecified atom stereocenters. The van der Waals surface area contributed by atoms with Crippen LogP contribution in [0.5, 0.6) is 0 Å². The Balaban J connectivity index is 2.37. The van der Waals surface area contributed by atoms with Crippen LogP contribution in [0.4, 0.5) is 0 Å². The number of amides is 2. The molecule has 1 aliphatic rings. The summed E-state index contributed by atoms with van der Waals surface area (Å²) in [5.41, 5.74) is 5.78. The molecule has 1 atom stereocenters. The number of rotatable bonds is 4. The van der Waals surface area contributed by atoms with E-state index in [-0.39, 0.29) is 11.8 Å². The molecule has 0 spiro atoms. The molecule has 98 valence electrons. The van der Waals surface area contributed by atoms with Crippen molar-refractivity contribution in [3.63, 3.8) is 0 Å². The van der Waals surface area contributed by atoms with E-state index in [9.17, 15) is 9.59 Å². The van der Waals surface area contributed by atoms with Crippen LogP contribution in [0.1, 0.15) is 13.3 Å². The van der Waals surface area contributed by atoms with E-state index < -0.39 is 6.04 Å². The molecular weight excluding hydrogens is 222 g/mol. The van der Waals surface area contributed by atoms with Crippen molar-refractivity contribution in [2.45, 2.75) is 19.4 Å². The van der Waals surface area contributed by atoms with Gasteiger partial charge in [0.2, 0.25) is 11.8 Å². The fraction of sp³-hybridized carbons (Fsp3) is 0.818. The first-order chi connectivity index (χ1) is 8.06. The van der Waals surface area contributed by atoms with Crippen molar-refractivity contribution in [1.82, 2.24) is 9.80 Å². The van der Waals surface area contributed by atoms with E-state index >= 15 is 0 Å². The zero-order chi connectivity index (χ0) is 12.8. The lowest BCUT2D eigenvalue weighted by Crippen LogP contribution is -2.54. The van der Waals surface area contributed by atoms with E-state index in [4.69, 9.17) is 10.5 Å². The molecule has 0 aromatic heterocycles. The van der Waals surface area contributed by atoms with Crippen LogP contribution in [0.3, 0.4) is 0 Å². The lowest BCUT2D eigenvalue weighted by Gasteiger charge is -2.35. The lowest BCUT2D eigenvalue weighted by atomic mass is 10.2. The predicted molar refractivity (Wildman–Crippen MR) is 63.3 cm³/mol. The number of carbonyl (C=O) groups excluding carboxylic acids is 2. The van der Waals surface area contributed by atoms with E-state index in [1.54, 1.807) is 23.8 Å². The summed E-state index contributed by atoms with van der Waals surface area (Å²) in [6.07, 6.45) is 0.530. The van der Waals surface area contributed by atoms with Crippen LogP contribution < -0.4 is 5.73 Å². The summed E-state index contributed by atoms with van der Waals surface area (Å²) in [5.74, 6) is 0.00559. The molecule has 1 saturated heterocycles. The van der Waals surface area contributed by atoms with E-state index in [2.05, 4.69) is 0 Å². The zero-order valence-corrected chi connectivity index (χ0v) is 10.5. The van der Waals surface area contributed by atoms with Gasteiger partial charge in [-0.05, 0) is 6.42 Å². The Kier molecular flexibility index (Phi) is 5.37. The molecule has 0 aromatic rings. The van der Waals surface area contributed by atoms with Crippen LogP contribution in [-0.4, -0.2) is 67.6 Å². The first-order valence-corrected chi connectivity index (χ1v) is 5.85. The van der Waals surface area contributed by atoms with Crippen molar-refractivity contribution >= 4 is 11.8 Å². The topological polar surface area (TPSA) is 75.9 Å². The Morgan fingerprint density at radius 1 is 1.24 bits per heavy atom. The van der Waals surface area contributed by atoms with Crippen molar-refractivity contribution < 1.29 is 14.3 Å². The van der Waals surface area contributed by atoms with Crippen LogP contribution in [0.25, 0.3) is 0 Å². The average Bonchev–Trinajstić information content (AvgIpc) is 2.35. The molecular formula is C11H21N3O3. The summed E-state index contributed by atoms with van der Waals surface area (Å²) >= 11 is 0. The molecule has 1 heterocycles. The standard InChI is InChI=1S/C11H21N3O3/c1-9(15)13-4-6-14(7-5-13)11(16)10(12)3-8-17-2/h10H,3-8,12H2,1-2H3. The minimum atomic E-state index is -0.501. The van der Waals surface area contributed by atoms with Gasteiger partial charge in [-0.25, -0.2) is 0 Å². The molecule has 1 aliphatic heterocycles. The van der Waals surface area contributed by atoms with Crippen molar-refractivity contribution in [2.24, 2.45) is 5.73 Å². The van der Waals surface area contributed by atoms with E-state index in [1.165, 1.54) is 0 Å². The van der Waals surface area contributed by atoms with Crippen molar-refractivity contribution in [2.75, 3.05) is 39.9 Å². The molecule has 0 bridgehead atoms. The Morgan fingerprint density at radius 2 is 1.76 bits per heavy atom. The summed E-state index contributed by atoms with van der Waals surface area (Å²) in [4.78, 5) is 26.5. The van der Waals surface area contributed by atoms with E-state index in [0.717, 1.165) is 0 Å². The largest absolute Gasteiger partial charge is 0.385 e. The van der Waals surface area contributed by atoms with E-state index in [1.807, 2.05) is 0 Å². The number of methoxy groups -OCH3 is 1. The van der Waals surface area contributed by atoms with Crippen molar-refractivity contribution in [3.8, 4) is 0 Å². The highest BCUT2D eigenvalue weighted by Gasteiger charge is 2.25. The number of piperazine rings is 1. The van der Waals surface area contributed by atoms with Gasteiger partial charge in [-0.3, -0.25) is 9.59 Å². The summed E-state index contributed by atoms with van der Waals surface area (Å²) < 4.78 is 4.89. The predicted octanol–water partition coefficient (Wildman–Crippen LogP) is -0.959. The molecule has 2 N–H and O–H groups in total. The van der Waals surface area contributed by atoms with Gasteiger partial charge in [-0.15, -0.1) is 0 Å². The maximum Gasteiger partial charge on any atom is 0.239 e. The number of ether oxygens (including phenoxy) is 1. The summed E-state index contributed by atoms with van der Waals surface area (Å²) in [6.45, 7) is 4.36. The van der Waals surface area contributed by atoms with Crippen molar-refractivity contribution in [1.29, 1.82) is 0 Å².